The second kappa shape index (κ2) is 8.14. The Morgan fingerprint density at radius 2 is 2.00 bits per heavy atom. The summed E-state index contributed by atoms with van der Waals surface area (Å²) in [4.78, 5) is 22.5. The molecule has 0 spiro atoms. The van der Waals surface area contributed by atoms with Crippen LogP contribution in [-0.2, 0) is 4.74 Å². The van der Waals surface area contributed by atoms with Crippen LogP contribution in [0.5, 0.6) is 0 Å². The topological polar surface area (TPSA) is 45.7 Å². The molecule has 6 heteroatoms. The zero-order valence-electron chi connectivity index (χ0n) is 19.9. The minimum Gasteiger partial charge on any atom is -0.444 e. The fourth-order valence-electron chi connectivity index (χ4n) is 5.51. The van der Waals surface area contributed by atoms with Crippen LogP contribution in [-0.4, -0.2) is 52.2 Å². The molecule has 1 aromatic carbocycles. The van der Waals surface area contributed by atoms with Gasteiger partial charge in [-0.1, -0.05) is 19.1 Å². The molecule has 0 aliphatic carbocycles. The maximum Gasteiger partial charge on any atom is 0.410 e. The van der Waals surface area contributed by atoms with Crippen LogP contribution in [0, 0.1) is 5.92 Å². The summed E-state index contributed by atoms with van der Waals surface area (Å²) in [6.45, 7) is 8.75. The number of nitrogens with zero attached hydrogens (tertiary/aromatic N) is 3. The first-order valence-electron chi connectivity index (χ1n) is 12.0. The molecule has 2 bridgehead atoms. The first kappa shape index (κ1) is 21.9. The van der Waals surface area contributed by atoms with Crippen LogP contribution in [0.15, 0.2) is 24.3 Å². The van der Waals surface area contributed by atoms with Crippen molar-refractivity contribution in [2.45, 2.75) is 83.5 Å². The van der Waals surface area contributed by atoms with E-state index in [1.165, 1.54) is 33.7 Å². The first-order chi connectivity index (χ1) is 15.2. The molecule has 0 saturated carbocycles. The molecule has 32 heavy (non-hydrogen) atoms. The fourth-order valence-corrected chi connectivity index (χ4v) is 6.49. The van der Waals surface area contributed by atoms with Crippen LogP contribution in [0.1, 0.15) is 76.4 Å². The van der Waals surface area contributed by atoms with Gasteiger partial charge in [0.2, 0.25) is 0 Å². The normalized spacial score (nSPS) is 28.8. The van der Waals surface area contributed by atoms with E-state index in [1.807, 2.05) is 25.7 Å². The molecule has 3 aliphatic rings. The molecular formula is C26H35N3O2S. The van der Waals surface area contributed by atoms with Crippen LogP contribution in [0.3, 0.4) is 0 Å². The maximum atomic E-state index is 13.0. The van der Waals surface area contributed by atoms with Gasteiger partial charge in [0.15, 0.2) is 0 Å². The smallest absolute Gasteiger partial charge is 0.410 e. The lowest BCUT2D eigenvalue weighted by atomic mass is 9.90. The van der Waals surface area contributed by atoms with Crippen molar-refractivity contribution < 1.29 is 9.53 Å². The van der Waals surface area contributed by atoms with Crippen molar-refractivity contribution in [3.8, 4) is 0 Å². The molecule has 2 saturated heterocycles. The molecule has 172 valence electrons. The van der Waals surface area contributed by atoms with Crippen molar-refractivity contribution in [3.63, 3.8) is 0 Å². The number of amides is 1. The van der Waals surface area contributed by atoms with Gasteiger partial charge in [-0.3, -0.25) is 4.90 Å². The predicted octanol–water partition coefficient (Wildman–Crippen LogP) is 6.25. The van der Waals surface area contributed by atoms with Gasteiger partial charge >= 0.3 is 6.09 Å². The molecule has 4 heterocycles. The summed E-state index contributed by atoms with van der Waals surface area (Å²) in [6.07, 6.45) is 7.97. The quantitative estimate of drug-likeness (QED) is 0.539. The second-order valence-electron chi connectivity index (χ2n) is 10.9. The Kier molecular flexibility index (Phi) is 5.57. The Hall–Kier alpha value is -1.92. The van der Waals surface area contributed by atoms with Crippen molar-refractivity contribution in [2.24, 2.45) is 5.92 Å². The highest BCUT2D eigenvalue weighted by molar-refractivity contribution is 7.19. The van der Waals surface area contributed by atoms with Crippen LogP contribution < -0.4 is 0 Å². The average Bonchev–Trinajstić information content (AvgIpc) is 3.21. The minimum atomic E-state index is -0.489. The Morgan fingerprint density at radius 1 is 1.19 bits per heavy atom. The number of rotatable bonds is 2. The second-order valence-corrected chi connectivity index (χ2v) is 12.0. The van der Waals surface area contributed by atoms with Gasteiger partial charge in [-0.05, 0) is 89.1 Å². The number of aromatic nitrogens is 1. The molecule has 1 amide bonds. The number of likely N-dealkylation sites (tertiary alicyclic amines) is 1. The molecule has 5 nitrogen and oxygen atoms in total. The third-order valence-corrected chi connectivity index (χ3v) is 8.37. The lowest BCUT2D eigenvalue weighted by molar-refractivity contribution is 0.00365. The number of benzene rings is 1. The van der Waals surface area contributed by atoms with E-state index >= 15 is 0 Å². The van der Waals surface area contributed by atoms with Gasteiger partial charge in [0.25, 0.3) is 0 Å². The number of thiazole rings is 1. The van der Waals surface area contributed by atoms with Crippen molar-refractivity contribution in [1.82, 2.24) is 14.8 Å². The molecule has 2 fully saturated rings. The summed E-state index contributed by atoms with van der Waals surface area (Å²) >= 11 is 1.80. The molecule has 0 radical (unpaired) electrons. The number of piperidine rings is 1. The van der Waals surface area contributed by atoms with Crippen molar-refractivity contribution >= 4 is 33.2 Å². The van der Waals surface area contributed by atoms with E-state index in [-0.39, 0.29) is 12.1 Å². The number of fused-ring (bicyclic) bond motifs is 3. The monoisotopic (exact) mass is 453 g/mol. The van der Waals surface area contributed by atoms with Gasteiger partial charge in [0, 0.05) is 18.6 Å². The van der Waals surface area contributed by atoms with E-state index in [2.05, 4.69) is 43.1 Å². The molecule has 0 N–H and O–H groups in total. The molecule has 5 rings (SSSR count). The zero-order chi connectivity index (χ0) is 22.6. The Morgan fingerprint density at radius 3 is 2.75 bits per heavy atom. The summed E-state index contributed by atoms with van der Waals surface area (Å²) in [5.74, 6) is 0.486. The fraction of sp³-hybridized carbons (Fsp3) is 0.615. The number of likely N-dealkylation sites (N-methyl/N-ethyl adjacent to an activating group) is 1. The highest BCUT2D eigenvalue weighted by atomic mass is 32.1. The van der Waals surface area contributed by atoms with Gasteiger partial charge in [-0.2, -0.15) is 0 Å². The van der Waals surface area contributed by atoms with Gasteiger partial charge in [-0.15, -0.1) is 11.3 Å². The number of hydrogen-bond acceptors (Lipinski definition) is 5. The van der Waals surface area contributed by atoms with Crippen molar-refractivity contribution in [2.75, 3.05) is 13.6 Å². The van der Waals surface area contributed by atoms with Crippen molar-refractivity contribution in [3.05, 3.63) is 34.8 Å². The summed E-state index contributed by atoms with van der Waals surface area (Å²) in [6, 6.07) is 7.87. The number of hydrogen-bond donors (Lipinski definition) is 0. The molecular weight excluding hydrogens is 418 g/mol. The lowest BCUT2D eigenvalue weighted by Crippen LogP contribution is -2.44. The lowest BCUT2D eigenvalue weighted by Gasteiger charge is -2.39. The largest absolute Gasteiger partial charge is 0.444 e. The Bertz CT molecular complexity index is 1050. The third-order valence-electron chi connectivity index (χ3n) is 7.26. The molecule has 3 aliphatic heterocycles. The van der Waals surface area contributed by atoms with Gasteiger partial charge in [0.05, 0.1) is 16.3 Å². The summed E-state index contributed by atoms with van der Waals surface area (Å²) in [7, 11) is 2.25. The highest BCUT2D eigenvalue weighted by Crippen LogP contribution is 2.41. The van der Waals surface area contributed by atoms with E-state index < -0.39 is 5.60 Å². The number of carbonyl (C=O) groups is 1. The number of ether oxygens (including phenoxy) is 1. The van der Waals surface area contributed by atoms with Gasteiger partial charge < -0.3 is 9.64 Å². The number of carbonyl (C=O) groups excluding carboxylic acids is 1. The summed E-state index contributed by atoms with van der Waals surface area (Å²) in [5.41, 5.74) is 3.15. The molecule has 2 aromatic rings. The SMILES string of the molecule is C[C@H]1CCC(c2ccc3sc(C4=CC5CCC(C4)N5C)nc3c2)N(C(=O)OC(C)(C)C)C1. The van der Waals surface area contributed by atoms with Crippen LogP contribution in [0.2, 0.25) is 0 Å². The predicted molar refractivity (Wildman–Crippen MR) is 131 cm³/mol. The van der Waals surface area contributed by atoms with E-state index in [0.717, 1.165) is 31.3 Å². The maximum absolute atomic E-state index is 13.0. The van der Waals surface area contributed by atoms with E-state index in [9.17, 15) is 4.79 Å². The Balaban J connectivity index is 1.42. The van der Waals surface area contributed by atoms with Crippen LogP contribution in [0.4, 0.5) is 4.79 Å². The molecule has 4 atom stereocenters. The van der Waals surface area contributed by atoms with E-state index in [0.29, 0.717) is 18.0 Å². The van der Waals surface area contributed by atoms with Gasteiger partial charge in [0.1, 0.15) is 10.6 Å². The van der Waals surface area contributed by atoms with E-state index in [4.69, 9.17) is 9.72 Å². The molecule has 3 unspecified atom stereocenters. The zero-order valence-corrected chi connectivity index (χ0v) is 20.7. The first-order valence-corrected chi connectivity index (χ1v) is 12.8. The van der Waals surface area contributed by atoms with Crippen molar-refractivity contribution in [1.29, 1.82) is 0 Å². The summed E-state index contributed by atoms with van der Waals surface area (Å²) < 4.78 is 6.97. The highest BCUT2D eigenvalue weighted by Gasteiger charge is 2.36. The average molecular weight is 454 g/mol. The standard InChI is InChI=1S/C26H35N3O2S/c1-16-6-10-22(29(15-16)25(30)31-26(2,3)4)17-7-11-23-21(14-17)27-24(32-23)18-12-19-8-9-20(13-18)28(19)5/h7,11-12,14,16,19-20,22H,6,8-10,13,15H2,1-5H3/t16-,19?,20?,22?/m0/s1. The third kappa shape index (κ3) is 4.19. The van der Waals surface area contributed by atoms with Crippen LogP contribution in [0.25, 0.3) is 15.8 Å². The Labute approximate surface area is 195 Å². The molecule has 1 aromatic heterocycles. The van der Waals surface area contributed by atoms with Crippen LogP contribution >= 0.6 is 11.3 Å². The van der Waals surface area contributed by atoms with E-state index in [1.54, 1.807) is 11.3 Å². The van der Waals surface area contributed by atoms with Gasteiger partial charge in [-0.25, -0.2) is 9.78 Å². The minimum absolute atomic E-state index is 0.0500. The summed E-state index contributed by atoms with van der Waals surface area (Å²) in [5, 5.41) is 1.17.